The number of carbonyl (C=O) groups excluding carboxylic acids is 5. The normalized spacial score (nSPS) is 14.7. The Morgan fingerprint density at radius 1 is 1.04 bits per heavy atom. The standard InChI is InChI=1S/C31H40N8O9.ClH/c1-48-27(42)15-14-26(41)36-23(4-2-16-34-31(32)33)30(45)38-17-3-5-25(38)29(44)37-24(18-19-6-12-22(40)13-7-19)28(43)35-20-8-10-21(11-9-20)39(46)47;/h6-13,23-25,40H,2-5,14-18H2,1H3,(H,35,43)(H,36,41)(H,37,44)(H4,32,33,34);1H/t23-,24-,25-;/m0./s1. The van der Waals surface area contributed by atoms with Gasteiger partial charge in [0.25, 0.3) is 5.69 Å². The number of carbonyl (C=O) groups is 5. The van der Waals surface area contributed by atoms with Gasteiger partial charge in [0.05, 0.1) is 18.5 Å². The van der Waals surface area contributed by atoms with Crippen molar-refractivity contribution < 1.29 is 38.7 Å². The molecule has 0 unspecified atom stereocenters. The van der Waals surface area contributed by atoms with Crippen molar-refractivity contribution in [2.75, 3.05) is 25.5 Å². The number of nitrogens with zero attached hydrogens (tertiary/aromatic N) is 3. The SMILES string of the molecule is COC(=O)CCC(=O)N[C@@H](CCCN=C(N)N)C(=O)N1CCC[C@H]1C(=O)N[C@@H](Cc1ccc(O)cc1)C(=O)Nc1ccc([N+](=O)[O-])cc1.Cl. The third-order valence-corrected chi connectivity index (χ3v) is 7.56. The molecule has 0 saturated carbocycles. The number of phenolic OH excluding ortho intramolecular Hbond substituents is 1. The number of nitro benzene ring substituents is 1. The van der Waals surface area contributed by atoms with E-state index in [9.17, 15) is 39.2 Å². The zero-order valence-corrected chi connectivity index (χ0v) is 27.6. The lowest BCUT2D eigenvalue weighted by molar-refractivity contribution is -0.384. The Balaban J connectivity index is 0.00000833. The van der Waals surface area contributed by atoms with Gasteiger partial charge in [-0.3, -0.25) is 39.1 Å². The fraction of sp³-hybridized carbons (Fsp3) is 0.419. The first-order chi connectivity index (χ1) is 22.9. The lowest BCUT2D eigenvalue weighted by Gasteiger charge is -2.30. The van der Waals surface area contributed by atoms with Gasteiger partial charge in [-0.05, 0) is 55.5 Å². The van der Waals surface area contributed by atoms with Gasteiger partial charge in [0.15, 0.2) is 5.96 Å². The van der Waals surface area contributed by atoms with Crippen molar-refractivity contribution in [2.45, 2.75) is 63.1 Å². The zero-order chi connectivity index (χ0) is 35.2. The predicted octanol–water partition coefficient (Wildman–Crippen LogP) is 0.871. The summed E-state index contributed by atoms with van der Waals surface area (Å²) in [5.74, 6) is -2.99. The van der Waals surface area contributed by atoms with E-state index in [0.29, 0.717) is 24.8 Å². The van der Waals surface area contributed by atoms with Gasteiger partial charge in [0.2, 0.25) is 23.6 Å². The number of ether oxygens (including phenoxy) is 1. The average molecular weight is 705 g/mol. The van der Waals surface area contributed by atoms with Crippen molar-refractivity contribution in [1.82, 2.24) is 15.5 Å². The quantitative estimate of drug-likeness (QED) is 0.0357. The monoisotopic (exact) mass is 704 g/mol. The van der Waals surface area contributed by atoms with Crippen LogP contribution in [0.4, 0.5) is 11.4 Å². The Morgan fingerprint density at radius 3 is 2.33 bits per heavy atom. The Morgan fingerprint density at radius 2 is 1.71 bits per heavy atom. The first kappa shape index (κ1) is 39.7. The number of aliphatic imine (C=N–C) groups is 1. The summed E-state index contributed by atoms with van der Waals surface area (Å²) in [6, 6.07) is 8.10. The minimum Gasteiger partial charge on any atom is -0.508 e. The van der Waals surface area contributed by atoms with Crippen LogP contribution >= 0.6 is 12.4 Å². The Bertz CT molecular complexity index is 1500. The van der Waals surface area contributed by atoms with Crippen molar-refractivity contribution in [3.05, 3.63) is 64.2 Å². The minimum atomic E-state index is -1.14. The second-order valence-electron chi connectivity index (χ2n) is 11.1. The maximum Gasteiger partial charge on any atom is 0.306 e. The highest BCUT2D eigenvalue weighted by Gasteiger charge is 2.38. The summed E-state index contributed by atoms with van der Waals surface area (Å²) < 4.78 is 4.57. The van der Waals surface area contributed by atoms with Gasteiger partial charge in [0, 0.05) is 43.8 Å². The number of methoxy groups -OCH3 is 1. The van der Waals surface area contributed by atoms with Crippen LogP contribution in [0.2, 0.25) is 0 Å². The number of nitrogens with one attached hydrogen (secondary N) is 3. The molecule has 1 heterocycles. The topological polar surface area (TPSA) is 262 Å². The zero-order valence-electron chi connectivity index (χ0n) is 26.8. The van der Waals surface area contributed by atoms with Crippen LogP contribution in [0.25, 0.3) is 0 Å². The number of rotatable bonds is 16. The second-order valence-corrected chi connectivity index (χ2v) is 11.1. The molecule has 18 heteroatoms. The highest BCUT2D eigenvalue weighted by molar-refractivity contribution is 5.99. The number of amides is 4. The van der Waals surface area contributed by atoms with E-state index < -0.39 is 52.6 Å². The van der Waals surface area contributed by atoms with Crippen LogP contribution in [0.15, 0.2) is 53.5 Å². The van der Waals surface area contributed by atoms with E-state index in [1.54, 1.807) is 12.1 Å². The molecule has 1 fully saturated rings. The molecule has 49 heavy (non-hydrogen) atoms. The number of aromatic hydroxyl groups is 1. The van der Waals surface area contributed by atoms with Gasteiger partial charge < -0.3 is 42.2 Å². The molecule has 266 valence electrons. The Hall–Kier alpha value is -5.45. The summed E-state index contributed by atoms with van der Waals surface area (Å²) in [5, 5.41) is 28.7. The highest BCUT2D eigenvalue weighted by Crippen LogP contribution is 2.21. The molecule has 3 atom stereocenters. The van der Waals surface area contributed by atoms with Gasteiger partial charge in [-0.15, -0.1) is 12.4 Å². The van der Waals surface area contributed by atoms with E-state index in [0.717, 1.165) is 0 Å². The molecular weight excluding hydrogens is 664 g/mol. The maximum atomic E-state index is 13.8. The van der Waals surface area contributed by atoms with Gasteiger partial charge in [0.1, 0.15) is 23.9 Å². The molecule has 2 aromatic carbocycles. The van der Waals surface area contributed by atoms with E-state index >= 15 is 0 Å². The number of phenols is 1. The summed E-state index contributed by atoms with van der Waals surface area (Å²) >= 11 is 0. The van der Waals surface area contributed by atoms with Crippen LogP contribution in [0.5, 0.6) is 5.75 Å². The number of hydrogen-bond acceptors (Lipinski definition) is 10. The Labute approximate surface area is 288 Å². The molecule has 1 aliphatic heterocycles. The number of guanidine groups is 1. The van der Waals surface area contributed by atoms with Crippen molar-refractivity contribution >= 4 is 59.3 Å². The van der Waals surface area contributed by atoms with E-state index in [1.165, 1.54) is 48.4 Å². The van der Waals surface area contributed by atoms with Crippen molar-refractivity contribution in [3.8, 4) is 5.75 Å². The summed E-state index contributed by atoms with van der Waals surface area (Å²) in [6.45, 7) is 0.411. The molecular formula is C31H41ClN8O9. The van der Waals surface area contributed by atoms with Crippen molar-refractivity contribution in [2.24, 2.45) is 16.5 Å². The van der Waals surface area contributed by atoms with Crippen LogP contribution in [0.1, 0.15) is 44.1 Å². The average Bonchev–Trinajstić information content (AvgIpc) is 3.56. The van der Waals surface area contributed by atoms with Crippen LogP contribution < -0.4 is 27.4 Å². The van der Waals surface area contributed by atoms with Crippen LogP contribution in [-0.2, 0) is 35.1 Å². The first-order valence-corrected chi connectivity index (χ1v) is 15.2. The summed E-state index contributed by atoms with van der Waals surface area (Å²) in [4.78, 5) is 80.8. The van der Waals surface area contributed by atoms with Gasteiger partial charge in [-0.1, -0.05) is 12.1 Å². The number of esters is 1. The fourth-order valence-electron chi connectivity index (χ4n) is 5.09. The van der Waals surface area contributed by atoms with E-state index in [-0.39, 0.29) is 74.3 Å². The summed E-state index contributed by atoms with van der Waals surface area (Å²) in [6.07, 6.45) is 0.880. The number of anilines is 1. The molecule has 0 spiro atoms. The smallest absolute Gasteiger partial charge is 0.306 e. The summed E-state index contributed by atoms with van der Waals surface area (Å²) in [7, 11) is 1.20. The largest absolute Gasteiger partial charge is 0.508 e. The minimum absolute atomic E-state index is 0. The number of likely N-dealkylation sites (tertiary alicyclic amines) is 1. The van der Waals surface area contributed by atoms with Crippen LogP contribution in [-0.4, -0.2) is 88.8 Å². The lowest BCUT2D eigenvalue weighted by Crippen LogP contribution is -2.56. The number of halogens is 1. The van der Waals surface area contributed by atoms with Crippen LogP contribution in [0.3, 0.4) is 0 Å². The lowest BCUT2D eigenvalue weighted by atomic mass is 10.0. The molecule has 8 N–H and O–H groups in total. The molecule has 17 nitrogen and oxygen atoms in total. The molecule has 0 aromatic heterocycles. The molecule has 3 rings (SSSR count). The third-order valence-electron chi connectivity index (χ3n) is 7.56. The van der Waals surface area contributed by atoms with Crippen LogP contribution in [0, 0.1) is 10.1 Å². The maximum absolute atomic E-state index is 13.8. The third kappa shape index (κ3) is 12.6. The number of hydrogen-bond donors (Lipinski definition) is 6. The number of nitro groups is 1. The molecule has 1 saturated heterocycles. The molecule has 2 aromatic rings. The molecule has 0 aliphatic carbocycles. The van der Waals surface area contributed by atoms with Gasteiger partial charge in [-0.25, -0.2) is 0 Å². The van der Waals surface area contributed by atoms with E-state index in [1.807, 2.05) is 0 Å². The molecule has 4 amide bonds. The van der Waals surface area contributed by atoms with Crippen molar-refractivity contribution in [3.63, 3.8) is 0 Å². The molecule has 1 aliphatic rings. The highest BCUT2D eigenvalue weighted by atomic mass is 35.5. The number of benzene rings is 2. The second kappa shape index (κ2) is 19.4. The fourth-order valence-corrected chi connectivity index (χ4v) is 5.09. The van der Waals surface area contributed by atoms with Gasteiger partial charge >= 0.3 is 5.97 Å². The summed E-state index contributed by atoms with van der Waals surface area (Å²) in [5.41, 5.74) is 11.5. The van der Waals surface area contributed by atoms with Gasteiger partial charge in [-0.2, -0.15) is 0 Å². The Kier molecular flexibility index (Phi) is 15.7. The molecule has 0 radical (unpaired) electrons. The van der Waals surface area contributed by atoms with E-state index in [4.69, 9.17) is 11.5 Å². The number of non-ortho nitro benzene ring substituents is 1. The van der Waals surface area contributed by atoms with Crippen molar-refractivity contribution in [1.29, 1.82) is 0 Å². The first-order valence-electron chi connectivity index (χ1n) is 15.2. The number of nitrogens with two attached hydrogens (primary N) is 2. The van der Waals surface area contributed by atoms with E-state index in [2.05, 4.69) is 25.7 Å². The predicted molar refractivity (Wildman–Crippen MR) is 181 cm³/mol. The molecule has 0 bridgehead atoms.